The predicted octanol–water partition coefficient (Wildman–Crippen LogP) is 3.75. The summed E-state index contributed by atoms with van der Waals surface area (Å²) in [6.45, 7) is 5.10. The third kappa shape index (κ3) is 3.15. The summed E-state index contributed by atoms with van der Waals surface area (Å²) in [7, 11) is 0. The fourth-order valence-electron chi connectivity index (χ4n) is 2.48. The zero-order valence-electron chi connectivity index (χ0n) is 13.6. The van der Waals surface area contributed by atoms with Gasteiger partial charge in [-0.05, 0) is 26.2 Å². The number of hydrogen-bond donors (Lipinski definition) is 1. The number of hydrogen-bond acceptors (Lipinski definition) is 6. The molecule has 23 heavy (non-hydrogen) atoms. The van der Waals surface area contributed by atoms with Crippen LogP contribution in [0.5, 0.6) is 0 Å². The Morgan fingerprint density at radius 3 is 2.83 bits per heavy atom. The molecule has 0 saturated heterocycles. The molecular weight excluding hydrogens is 314 g/mol. The van der Waals surface area contributed by atoms with Gasteiger partial charge < -0.3 is 9.52 Å². The van der Waals surface area contributed by atoms with E-state index < -0.39 is 11.4 Å². The summed E-state index contributed by atoms with van der Waals surface area (Å²) < 4.78 is 5.69. The van der Waals surface area contributed by atoms with Crippen LogP contribution in [-0.2, 0) is 11.2 Å². The molecule has 0 amide bonds. The topological polar surface area (TPSA) is 89.1 Å². The van der Waals surface area contributed by atoms with Crippen molar-refractivity contribution in [2.75, 3.05) is 0 Å². The third-order valence-corrected chi connectivity index (χ3v) is 5.78. The molecule has 1 aliphatic carbocycles. The van der Waals surface area contributed by atoms with Crippen molar-refractivity contribution in [3.05, 3.63) is 17.0 Å². The number of carboxylic acid groups (broad SMARTS) is 1. The summed E-state index contributed by atoms with van der Waals surface area (Å²) in [5, 5.41) is 20.1. The molecule has 124 valence electrons. The van der Waals surface area contributed by atoms with E-state index in [0.29, 0.717) is 16.8 Å². The van der Waals surface area contributed by atoms with E-state index in [1.165, 1.54) is 30.6 Å². The average Bonchev–Trinajstić information content (AvgIpc) is 3.10. The zero-order valence-corrected chi connectivity index (χ0v) is 14.4. The van der Waals surface area contributed by atoms with Gasteiger partial charge in [-0.3, -0.25) is 4.79 Å². The number of thiazole rings is 1. The van der Waals surface area contributed by atoms with Gasteiger partial charge in [-0.25, -0.2) is 4.98 Å². The van der Waals surface area contributed by atoms with Gasteiger partial charge in [0.25, 0.3) is 5.89 Å². The van der Waals surface area contributed by atoms with Gasteiger partial charge in [0, 0.05) is 5.38 Å². The summed E-state index contributed by atoms with van der Waals surface area (Å²) in [6, 6.07) is 0. The molecule has 1 atom stereocenters. The standard InChI is InChI=1S/C16H21N3O3S/c1-9(16(2,3)15(20)21)12-18-19-13(22-12)14-17-11(8-23-14)7-10-5-4-6-10/h8-10H,4-7H2,1-3H3,(H,20,21). The second kappa shape index (κ2) is 6.03. The Morgan fingerprint density at radius 1 is 1.48 bits per heavy atom. The molecular formula is C16H21N3O3S. The fourth-order valence-corrected chi connectivity index (χ4v) is 3.23. The van der Waals surface area contributed by atoms with E-state index in [0.717, 1.165) is 18.0 Å². The quantitative estimate of drug-likeness (QED) is 0.865. The van der Waals surface area contributed by atoms with Gasteiger partial charge in [0.2, 0.25) is 5.89 Å². The summed E-state index contributed by atoms with van der Waals surface area (Å²) in [5.74, 6) is 0.207. The van der Waals surface area contributed by atoms with Crippen molar-refractivity contribution < 1.29 is 14.3 Å². The Bertz CT molecular complexity index is 703. The molecule has 1 unspecified atom stereocenters. The van der Waals surface area contributed by atoms with Crippen molar-refractivity contribution in [1.29, 1.82) is 0 Å². The van der Waals surface area contributed by atoms with E-state index in [2.05, 4.69) is 15.2 Å². The van der Waals surface area contributed by atoms with Crippen LogP contribution in [0.15, 0.2) is 9.80 Å². The van der Waals surface area contributed by atoms with E-state index >= 15 is 0 Å². The SMILES string of the molecule is CC(c1nnc(-c2nc(CC3CCC3)cs2)o1)C(C)(C)C(=O)O. The number of rotatable bonds is 6. The number of nitrogens with zero attached hydrogens (tertiary/aromatic N) is 3. The van der Waals surface area contributed by atoms with Crippen LogP contribution in [0.2, 0.25) is 0 Å². The molecule has 1 N–H and O–H groups in total. The molecule has 0 aliphatic heterocycles. The second-order valence-electron chi connectivity index (χ2n) is 6.84. The molecule has 1 saturated carbocycles. The van der Waals surface area contributed by atoms with Crippen LogP contribution < -0.4 is 0 Å². The van der Waals surface area contributed by atoms with E-state index in [-0.39, 0.29) is 5.92 Å². The lowest BCUT2D eigenvalue weighted by molar-refractivity contribution is -0.148. The zero-order chi connectivity index (χ0) is 16.6. The van der Waals surface area contributed by atoms with Crippen LogP contribution in [0.25, 0.3) is 10.9 Å². The third-order valence-electron chi connectivity index (χ3n) is 4.90. The molecule has 0 radical (unpaired) electrons. The first-order valence-electron chi connectivity index (χ1n) is 7.89. The minimum absolute atomic E-state index is 0.336. The van der Waals surface area contributed by atoms with Crippen molar-refractivity contribution >= 4 is 17.3 Å². The highest BCUT2D eigenvalue weighted by Gasteiger charge is 2.38. The van der Waals surface area contributed by atoms with Crippen molar-refractivity contribution in [1.82, 2.24) is 15.2 Å². The highest BCUT2D eigenvalue weighted by atomic mass is 32.1. The maximum atomic E-state index is 11.4. The second-order valence-corrected chi connectivity index (χ2v) is 7.70. The molecule has 6 nitrogen and oxygen atoms in total. The van der Waals surface area contributed by atoms with Gasteiger partial charge in [0.1, 0.15) is 0 Å². The maximum absolute atomic E-state index is 11.4. The lowest BCUT2D eigenvalue weighted by atomic mass is 9.80. The molecule has 2 aromatic heterocycles. The first-order valence-corrected chi connectivity index (χ1v) is 8.77. The van der Waals surface area contributed by atoms with Gasteiger partial charge in [-0.1, -0.05) is 26.2 Å². The lowest BCUT2D eigenvalue weighted by Gasteiger charge is -2.24. The van der Waals surface area contributed by atoms with Crippen LogP contribution in [0.3, 0.4) is 0 Å². The van der Waals surface area contributed by atoms with Crippen LogP contribution in [0.4, 0.5) is 0 Å². The van der Waals surface area contributed by atoms with Crippen molar-refractivity contribution in [2.24, 2.45) is 11.3 Å². The Kier molecular flexibility index (Phi) is 4.23. The predicted molar refractivity (Wildman–Crippen MR) is 86.3 cm³/mol. The normalized spacial score (nSPS) is 17.0. The minimum atomic E-state index is -0.970. The van der Waals surface area contributed by atoms with Gasteiger partial charge in [-0.15, -0.1) is 21.5 Å². The number of aliphatic carboxylic acids is 1. The van der Waals surface area contributed by atoms with E-state index in [4.69, 9.17) is 4.42 Å². The number of carboxylic acids is 1. The summed E-state index contributed by atoms with van der Waals surface area (Å²) in [4.78, 5) is 15.9. The lowest BCUT2D eigenvalue weighted by Crippen LogP contribution is -2.29. The number of aromatic nitrogens is 3. The van der Waals surface area contributed by atoms with Crippen LogP contribution in [0, 0.1) is 11.3 Å². The Balaban J connectivity index is 1.75. The van der Waals surface area contributed by atoms with E-state index in [9.17, 15) is 9.90 Å². The largest absolute Gasteiger partial charge is 0.481 e. The van der Waals surface area contributed by atoms with E-state index in [1.54, 1.807) is 20.8 Å². The fraction of sp³-hybridized carbons (Fsp3) is 0.625. The first kappa shape index (κ1) is 16.1. The number of carbonyl (C=O) groups is 1. The van der Waals surface area contributed by atoms with Gasteiger partial charge >= 0.3 is 5.97 Å². The highest BCUT2D eigenvalue weighted by molar-refractivity contribution is 7.13. The Morgan fingerprint density at radius 2 is 2.22 bits per heavy atom. The molecule has 3 rings (SSSR count). The van der Waals surface area contributed by atoms with Gasteiger partial charge in [0.05, 0.1) is 17.0 Å². The Labute approximate surface area is 139 Å². The van der Waals surface area contributed by atoms with Crippen LogP contribution in [0.1, 0.15) is 57.5 Å². The van der Waals surface area contributed by atoms with Gasteiger partial charge in [-0.2, -0.15) is 0 Å². The molecule has 0 spiro atoms. The monoisotopic (exact) mass is 335 g/mol. The van der Waals surface area contributed by atoms with Crippen LogP contribution >= 0.6 is 11.3 Å². The van der Waals surface area contributed by atoms with Crippen molar-refractivity contribution in [2.45, 2.75) is 52.4 Å². The average molecular weight is 335 g/mol. The van der Waals surface area contributed by atoms with E-state index in [1.807, 2.05) is 5.38 Å². The summed E-state index contributed by atoms with van der Waals surface area (Å²) in [6.07, 6.45) is 4.92. The summed E-state index contributed by atoms with van der Waals surface area (Å²) >= 11 is 1.49. The molecule has 1 aliphatic rings. The molecule has 2 heterocycles. The molecule has 1 fully saturated rings. The van der Waals surface area contributed by atoms with Gasteiger partial charge in [0.15, 0.2) is 5.01 Å². The smallest absolute Gasteiger partial charge is 0.309 e. The molecule has 2 aromatic rings. The molecule has 0 aromatic carbocycles. The summed E-state index contributed by atoms with van der Waals surface area (Å²) in [5.41, 5.74) is 0.107. The highest BCUT2D eigenvalue weighted by Crippen LogP contribution is 2.36. The molecule has 7 heteroatoms. The molecule has 0 bridgehead atoms. The Hall–Kier alpha value is -1.76. The van der Waals surface area contributed by atoms with Crippen LogP contribution in [-0.4, -0.2) is 26.3 Å². The minimum Gasteiger partial charge on any atom is -0.481 e. The maximum Gasteiger partial charge on any atom is 0.309 e. The first-order chi connectivity index (χ1) is 10.9. The van der Waals surface area contributed by atoms with Crippen molar-refractivity contribution in [3.8, 4) is 10.9 Å². The van der Waals surface area contributed by atoms with Crippen molar-refractivity contribution in [3.63, 3.8) is 0 Å².